The number of hydrogen-bond donors (Lipinski definition) is 0. The maximum absolute atomic E-state index is 2.38. The van der Waals surface area contributed by atoms with Crippen LogP contribution in [0, 0.1) is 38.5 Å². The summed E-state index contributed by atoms with van der Waals surface area (Å²) in [5.41, 5.74) is 10.3. The third kappa shape index (κ3) is 7.61. The smallest absolute Gasteiger partial charge is 1.00 e. The van der Waals surface area contributed by atoms with Crippen LogP contribution in [-0.4, -0.2) is 0 Å². The Hall–Kier alpha value is 0.163. The fourth-order valence-corrected chi connectivity index (χ4v) is 6.57. The van der Waals surface area contributed by atoms with Gasteiger partial charge in [0, 0.05) is 0 Å². The summed E-state index contributed by atoms with van der Waals surface area (Å²) in [5, 5.41) is 0. The molecular formula is C32H54Cl2Zr. The molecule has 0 N–H and O–H groups in total. The van der Waals surface area contributed by atoms with Crippen LogP contribution < -0.4 is 24.8 Å². The van der Waals surface area contributed by atoms with Crippen molar-refractivity contribution in [3.8, 4) is 0 Å². The van der Waals surface area contributed by atoms with Crippen molar-refractivity contribution < 1.29 is 51.0 Å². The van der Waals surface area contributed by atoms with Crippen LogP contribution in [0.4, 0.5) is 0 Å². The van der Waals surface area contributed by atoms with Crippen molar-refractivity contribution in [3.63, 3.8) is 0 Å². The van der Waals surface area contributed by atoms with E-state index in [9.17, 15) is 0 Å². The Morgan fingerprint density at radius 2 is 0.800 bits per heavy atom. The van der Waals surface area contributed by atoms with Crippen molar-refractivity contribution in [2.24, 2.45) is 10.8 Å². The SMILES string of the molecule is CCC(CC)(c1cc[c-](C)c1C)C(C)(C)C.CCC(CC)(c1cc[c-](C)c1C)C(C)(C)C.[Cl-].[Cl-].[Zr+4]. The normalized spacial score (nSPS) is 12.1. The van der Waals surface area contributed by atoms with E-state index in [1.807, 2.05) is 0 Å². The van der Waals surface area contributed by atoms with Gasteiger partial charge in [0.05, 0.1) is 0 Å². The van der Waals surface area contributed by atoms with E-state index >= 15 is 0 Å². The monoisotopic (exact) mass is 598 g/mol. The van der Waals surface area contributed by atoms with Crippen molar-refractivity contribution >= 4 is 0 Å². The van der Waals surface area contributed by atoms with Crippen LogP contribution in [0.2, 0.25) is 0 Å². The van der Waals surface area contributed by atoms with Crippen LogP contribution in [0.25, 0.3) is 0 Å². The van der Waals surface area contributed by atoms with Gasteiger partial charge in [-0.2, -0.15) is 45.5 Å². The number of aryl methyl sites for hydroxylation is 2. The Morgan fingerprint density at radius 1 is 0.571 bits per heavy atom. The largest absolute Gasteiger partial charge is 4.00 e. The number of halogens is 2. The first-order valence-electron chi connectivity index (χ1n) is 13.1. The molecule has 0 nitrogen and oxygen atoms in total. The summed E-state index contributed by atoms with van der Waals surface area (Å²) >= 11 is 0. The van der Waals surface area contributed by atoms with E-state index in [1.54, 1.807) is 11.1 Å². The minimum Gasteiger partial charge on any atom is -1.00 e. The Morgan fingerprint density at radius 3 is 0.914 bits per heavy atom. The molecule has 0 aliphatic rings. The number of rotatable bonds is 6. The molecule has 0 bridgehead atoms. The van der Waals surface area contributed by atoms with Crippen molar-refractivity contribution in [1.82, 2.24) is 0 Å². The molecule has 0 saturated carbocycles. The van der Waals surface area contributed by atoms with Gasteiger partial charge in [0.15, 0.2) is 0 Å². The second kappa shape index (κ2) is 14.9. The maximum Gasteiger partial charge on any atom is 4.00 e. The zero-order valence-corrected chi connectivity index (χ0v) is 29.4. The molecule has 35 heavy (non-hydrogen) atoms. The van der Waals surface area contributed by atoms with Gasteiger partial charge < -0.3 is 24.8 Å². The maximum atomic E-state index is 2.38. The van der Waals surface area contributed by atoms with Crippen molar-refractivity contribution in [1.29, 1.82) is 0 Å². The van der Waals surface area contributed by atoms with E-state index in [-0.39, 0.29) is 51.0 Å². The zero-order chi connectivity index (χ0) is 25.1. The van der Waals surface area contributed by atoms with Gasteiger partial charge in [-0.3, -0.25) is 0 Å². The van der Waals surface area contributed by atoms with Crippen LogP contribution in [0.5, 0.6) is 0 Å². The Balaban J connectivity index is -0.000000539. The summed E-state index contributed by atoms with van der Waals surface area (Å²) in [6.07, 6.45) is 4.88. The first kappa shape index (κ1) is 39.7. The molecule has 0 amide bonds. The third-order valence-corrected chi connectivity index (χ3v) is 9.31. The minimum absolute atomic E-state index is 0. The van der Waals surface area contributed by atoms with E-state index in [1.165, 1.54) is 47.9 Å². The standard InChI is InChI=1S/2C16H27.2ClH.Zr/c2*1-8-16(9-2,15(5,6)7)14-11-10-12(3)13(14)4;;;/h2*10-11H,8-9H2,1-7H3;2*1H;/q2*-1;;;+4/p-2. The Labute approximate surface area is 251 Å². The van der Waals surface area contributed by atoms with Gasteiger partial charge in [-0.1, -0.05) is 133 Å². The van der Waals surface area contributed by atoms with Gasteiger partial charge in [-0.05, 0) is 10.8 Å². The number of hydrogen-bond acceptors (Lipinski definition) is 0. The topological polar surface area (TPSA) is 0 Å². The quantitative estimate of drug-likeness (QED) is 0.435. The van der Waals surface area contributed by atoms with Crippen LogP contribution in [0.15, 0.2) is 24.3 Å². The molecule has 0 aromatic heterocycles. The molecule has 2 aromatic rings. The van der Waals surface area contributed by atoms with Gasteiger partial charge in [0.2, 0.25) is 0 Å². The molecule has 0 fully saturated rings. The molecule has 0 atom stereocenters. The average Bonchev–Trinajstić information content (AvgIpc) is 3.20. The van der Waals surface area contributed by atoms with Gasteiger partial charge in [0.25, 0.3) is 0 Å². The molecular weight excluding hydrogens is 546 g/mol. The van der Waals surface area contributed by atoms with Crippen LogP contribution in [0.3, 0.4) is 0 Å². The summed E-state index contributed by atoms with van der Waals surface area (Å²) < 4.78 is 0. The Kier molecular flexibility index (Phi) is 16.9. The van der Waals surface area contributed by atoms with Crippen LogP contribution in [0.1, 0.15) is 128 Å². The van der Waals surface area contributed by atoms with Gasteiger partial charge in [-0.25, -0.2) is 12.1 Å². The molecule has 0 saturated heterocycles. The summed E-state index contributed by atoms with van der Waals surface area (Å²) in [5.74, 6) is 0. The zero-order valence-electron chi connectivity index (χ0n) is 25.4. The fourth-order valence-electron chi connectivity index (χ4n) is 6.57. The predicted molar refractivity (Wildman–Crippen MR) is 146 cm³/mol. The second-order valence-corrected chi connectivity index (χ2v) is 12.2. The molecule has 3 heteroatoms. The first-order valence-corrected chi connectivity index (χ1v) is 13.1. The van der Waals surface area contributed by atoms with Crippen molar-refractivity contribution in [3.05, 3.63) is 57.6 Å². The van der Waals surface area contributed by atoms with Gasteiger partial charge >= 0.3 is 26.2 Å². The summed E-state index contributed by atoms with van der Waals surface area (Å²) in [7, 11) is 0. The van der Waals surface area contributed by atoms with E-state index in [4.69, 9.17) is 0 Å². The van der Waals surface area contributed by atoms with Gasteiger partial charge in [-0.15, -0.1) is 0 Å². The molecule has 0 radical (unpaired) electrons. The van der Waals surface area contributed by atoms with Gasteiger partial charge in [0.1, 0.15) is 0 Å². The minimum atomic E-state index is 0. The molecule has 0 spiro atoms. The predicted octanol–water partition coefficient (Wildman–Crippen LogP) is 4.26. The van der Waals surface area contributed by atoms with Crippen molar-refractivity contribution in [2.45, 2.75) is 133 Å². The molecule has 0 aliphatic carbocycles. The van der Waals surface area contributed by atoms with Crippen LogP contribution in [-0.2, 0) is 37.0 Å². The first-order chi connectivity index (χ1) is 14.6. The van der Waals surface area contributed by atoms with E-state index in [0.29, 0.717) is 21.7 Å². The van der Waals surface area contributed by atoms with Crippen molar-refractivity contribution in [2.75, 3.05) is 0 Å². The summed E-state index contributed by atoms with van der Waals surface area (Å²) in [6, 6.07) is 9.25. The molecule has 0 heterocycles. The molecule has 0 aliphatic heterocycles. The summed E-state index contributed by atoms with van der Waals surface area (Å²) in [6.45, 7) is 32.6. The average molecular weight is 601 g/mol. The summed E-state index contributed by atoms with van der Waals surface area (Å²) in [4.78, 5) is 0. The molecule has 0 unspecified atom stereocenters. The molecule has 2 rings (SSSR count). The van der Waals surface area contributed by atoms with Crippen LogP contribution >= 0.6 is 0 Å². The van der Waals surface area contributed by atoms with E-state index < -0.39 is 0 Å². The third-order valence-electron chi connectivity index (χ3n) is 9.31. The van der Waals surface area contributed by atoms with E-state index in [2.05, 4.69) is 121 Å². The Bertz CT molecular complexity index is 775. The van der Waals surface area contributed by atoms with E-state index in [0.717, 1.165) is 0 Å². The fraction of sp³-hybridized carbons (Fsp3) is 0.688. The second-order valence-electron chi connectivity index (χ2n) is 12.2. The molecule has 200 valence electrons. The molecule has 2 aromatic carbocycles.